The number of methoxy groups -OCH3 is 1. The first-order chi connectivity index (χ1) is 12.2. The summed E-state index contributed by atoms with van der Waals surface area (Å²) in [6, 6.07) is 14.9. The topological polar surface area (TPSA) is 64.6 Å². The van der Waals surface area contributed by atoms with Gasteiger partial charge in [-0.2, -0.15) is 0 Å². The number of carbonyl (C=O) groups is 1. The van der Waals surface area contributed by atoms with Crippen LogP contribution in [0, 0.1) is 0 Å². The number of ether oxygens (including phenoxy) is 1. The lowest BCUT2D eigenvalue weighted by atomic mass is 10.1. The first kappa shape index (κ1) is 15.1. The second-order valence-corrected chi connectivity index (χ2v) is 5.48. The quantitative estimate of drug-likeness (QED) is 0.543. The Morgan fingerprint density at radius 3 is 2.76 bits per heavy atom. The molecule has 1 N–H and O–H groups in total. The number of nitrogens with one attached hydrogen (secondary N) is 1. The van der Waals surface area contributed by atoms with E-state index in [-0.39, 0.29) is 5.91 Å². The molecule has 1 amide bonds. The number of carbonyl (C=O) groups excluding carboxylic acids is 1. The minimum Gasteiger partial charge on any atom is -0.495 e. The number of amides is 1. The molecule has 4 rings (SSSR count). The van der Waals surface area contributed by atoms with Crippen LogP contribution in [0.1, 0.15) is 5.76 Å². The highest BCUT2D eigenvalue weighted by Crippen LogP contribution is 2.36. The van der Waals surface area contributed by atoms with Crippen LogP contribution in [0.25, 0.3) is 28.0 Å². The van der Waals surface area contributed by atoms with Gasteiger partial charge >= 0.3 is 0 Å². The summed E-state index contributed by atoms with van der Waals surface area (Å²) in [5, 5.41) is 4.76. The summed E-state index contributed by atoms with van der Waals surface area (Å²) in [6.45, 7) is 0. The van der Waals surface area contributed by atoms with Crippen LogP contribution in [0.15, 0.2) is 69.7 Å². The molecule has 2 aromatic heterocycles. The van der Waals surface area contributed by atoms with Gasteiger partial charge in [0.2, 0.25) is 5.91 Å². The van der Waals surface area contributed by atoms with Crippen LogP contribution in [0.3, 0.4) is 0 Å². The Bertz CT molecular complexity index is 1070. The average Bonchev–Trinajstić information content (AvgIpc) is 3.26. The van der Waals surface area contributed by atoms with Gasteiger partial charge in [0.05, 0.1) is 19.1 Å². The van der Waals surface area contributed by atoms with Crippen LogP contribution < -0.4 is 10.1 Å². The van der Waals surface area contributed by atoms with Crippen molar-refractivity contribution in [1.82, 2.24) is 0 Å². The first-order valence-corrected chi connectivity index (χ1v) is 7.76. The number of rotatable bonds is 4. The van der Waals surface area contributed by atoms with Crippen LogP contribution >= 0.6 is 0 Å². The SMILES string of the molecule is COc1cc2c(cc1NC(=O)C=Cc1ccco1)oc1ccccc12. The molecule has 5 nitrogen and oxygen atoms in total. The number of benzene rings is 2. The predicted octanol–water partition coefficient (Wildman–Crippen LogP) is 4.84. The zero-order chi connectivity index (χ0) is 17.2. The summed E-state index contributed by atoms with van der Waals surface area (Å²) in [5.74, 6) is 0.888. The van der Waals surface area contributed by atoms with Crippen LogP contribution in [-0.4, -0.2) is 13.0 Å². The molecular formula is C20H15NO4. The van der Waals surface area contributed by atoms with E-state index in [1.807, 2.05) is 30.3 Å². The molecule has 2 aromatic carbocycles. The van der Waals surface area contributed by atoms with Crippen LogP contribution in [0.4, 0.5) is 5.69 Å². The van der Waals surface area contributed by atoms with Gasteiger partial charge in [-0.3, -0.25) is 4.79 Å². The van der Waals surface area contributed by atoms with Crippen LogP contribution in [-0.2, 0) is 4.79 Å². The average molecular weight is 333 g/mol. The summed E-state index contributed by atoms with van der Waals surface area (Å²) in [6.07, 6.45) is 4.55. The van der Waals surface area contributed by atoms with Crippen LogP contribution in [0.5, 0.6) is 5.75 Å². The molecule has 2 heterocycles. The molecular weight excluding hydrogens is 318 g/mol. The molecule has 0 fully saturated rings. The lowest BCUT2D eigenvalue weighted by molar-refractivity contribution is -0.111. The van der Waals surface area contributed by atoms with Gasteiger partial charge in [0.15, 0.2) is 0 Å². The predicted molar refractivity (Wildman–Crippen MR) is 96.6 cm³/mol. The Hall–Kier alpha value is -3.47. The molecule has 25 heavy (non-hydrogen) atoms. The molecule has 5 heteroatoms. The molecule has 0 unspecified atom stereocenters. The summed E-state index contributed by atoms with van der Waals surface area (Å²) >= 11 is 0. The van der Waals surface area contributed by atoms with E-state index in [0.717, 1.165) is 16.4 Å². The molecule has 0 atom stereocenters. The Kier molecular flexibility index (Phi) is 3.74. The largest absolute Gasteiger partial charge is 0.495 e. The van der Waals surface area contributed by atoms with E-state index >= 15 is 0 Å². The highest BCUT2D eigenvalue weighted by Gasteiger charge is 2.13. The fourth-order valence-electron chi connectivity index (χ4n) is 2.74. The standard InChI is InChI=1S/C20H15NO4/c1-23-19-11-15-14-6-2-3-7-17(14)25-18(15)12-16(19)21-20(22)9-8-13-5-4-10-24-13/h2-12H,1H3,(H,21,22). The number of para-hydroxylation sites is 1. The molecule has 0 saturated heterocycles. The minimum absolute atomic E-state index is 0.287. The lowest BCUT2D eigenvalue weighted by Gasteiger charge is -2.08. The molecule has 0 aliphatic rings. The van der Waals surface area contributed by atoms with Gasteiger partial charge in [-0.05, 0) is 30.3 Å². The van der Waals surface area contributed by atoms with Gasteiger partial charge in [-0.15, -0.1) is 0 Å². The fourth-order valence-corrected chi connectivity index (χ4v) is 2.74. The van der Waals surface area contributed by atoms with E-state index in [2.05, 4.69) is 5.32 Å². The zero-order valence-corrected chi connectivity index (χ0v) is 13.5. The third-order valence-corrected chi connectivity index (χ3v) is 3.90. The maximum atomic E-state index is 12.2. The summed E-state index contributed by atoms with van der Waals surface area (Å²) in [7, 11) is 1.57. The smallest absolute Gasteiger partial charge is 0.248 e. The van der Waals surface area contributed by atoms with Gasteiger partial charge < -0.3 is 18.9 Å². The third-order valence-electron chi connectivity index (χ3n) is 3.90. The van der Waals surface area contributed by atoms with E-state index in [9.17, 15) is 4.79 Å². The molecule has 0 aliphatic carbocycles. The van der Waals surface area contributed by atoms with Crippen molar-refractivity contribution < 1.29 is 18.4 Å². The van der Waals surface area contributed by atoms with Crippen LogP contribution in [0.2, 0.25) is 0 Å². The van der Waals surface area contributed by atoms with Crippen molar-refractivity contribution in [1.29, 1.82) is 0 Å². The maximum absolute atomic E-state index is 12.2. The van der Waals surface area contributed by atoms with Gasteiger partial charge in [0.25, 0.3) is 0 Å². The van der Waals surface area contributed by atoms with Crippen molar-refractivity contribution in [3.8, 4) is 5.75 Å². The van der Waals surface area contributed by atoms with Gasteiger partial charge in [0.1, 0.15) is 22.7 Å². The third kappa shape index (κ3) is 2.87. The number of hydrogen-bond donors (Lipinski definition) is 1. The molecule has 0 spiro atoms. The zero-order valence-electron chi connectivity index (χ0n) is 13.5. The Morgan fingerprint density at radius 1 is 1.08 bits per heavy atom. The number of anilines is 1. The highest BCUT2D eigenvalue weighted by molar-refractivity contribution is 6.09. The van der Waals surface area contributed by atoms with Crippen molar-refractivity contribution in [3.05, 3.63) is 66.6 Å². The Labute approximate surface area is 143 Å². The second-order valence-electron chi connectivity index (χ2n) is 5.48. The Balaban J connectivity index is 1.68. The van der Waals surface area contributed by atoms with Gasteiger partial charge in [-0.1, -0.05) is 18.2 Å². The van der Waals surface area contributed by atoms with Gasteiger partial charge in [0, 0.05) is 22.9 Å². The van der Waals surface area contributed by atoms with E-state index in [4.69, 9.17) is 13.6 Å². The second kappa shape index (κ2) is 6.20. The molecule has 0 aliphatic heterocycles. The van der Waals surface area contributed by atoms with Crippen molar-refractivity contribution in [3.63, 3.8) is 0 Å². The van der Waals surface area contributed by atoms with Crippen molar-refractivity contribution in [2.24, 2.45) is 0 Å². The molecule has 0 radical (unpaired) electrons. The summed E-state index contributed by atoms with van der Waals surface area (Å²) in [4.78, 5) is 12.2. The molecule has 0 saturated carbocycles. The number of hydrogen-bond acceptors (Lipinski definition) is 4. The number of fused-ring (bicyclic) bond motifs is 3. The van der Waals surface area contributed by atoms with Gasteiger partial charge in [-0.25, -0.2) is 0 Å². The normalized spacial score (nSPS) is 11.4. The lowest BCUT2D eigenvalue weighted by Crippen LogP contribution is -2.08. The van der Waals surface area contributed by atoms with Crippen molar-refractivity contribution in [2.75, 3.05) is 12.4 Å². The number of furan rings is 2. The minimum atomic E-state index is -0.287. The molecule has 0 bridgehead atoms. The van der Waals surface area contributed by atoms with E-state index < -0.39 is 0 Å². The van der Waals surface area contributed by atoms with E-state index in [0.29, 0.717) is 22.8 Å². The first-order valence-electron chi connectivity index (χ1n) is 7.76. The summed E-state index contributed by atoms with van der Waals surface area (Å²) in [5.41, 5.74) is 2.02. The fraction of sp³-hybridized carbons (Fsp3) is 0.0500. The maximum Gasteiger partial charge on any atom is 0.248 e. The highest BCUT2D eigenvalue weighted by atomic mass is 16.5. The van der Waals surface area contributed by atoms with E-state index in [1.165, 1.54) is 6.08 Å². The summed E-state index contributed by atoms with van der Waals surface area (Å²) < 4.78 is 16.4. The van der Waals surface area contributed by atoms with Crippen molar-refractivity contribution >= 4 is 39.6 Å². The molecule has 4 aromatic rings. The molecule has 124 valence electrons. The van der Waals surface area contributed by atoms with E-state index in [1.54, 1.807) is 37.6 Å². The van der Waals surface area contributed by atoms with Crippen molar-refractivity contribution in [2.45, 2.75) is 0 Å². The monoisotopic (exact) mass is 333 g/mol. The Morgan fingerprint density at radius 2 is 1.96 bits per heavy atom.